The first-order valence-electron chi connectivity index (χ1n) is 8.38. The molecule has 3 N–H and O–H groups in total. The van der Waals surface area contributed by atoms with Crippen molar-refractivity contribution in [1.29, 1.82) is 0 Å². The van der Waals surface area contributed by atoms with E-state index in [-0.39, 0.29) is 0 Å². The molecule has 2 unspecified atom stereocenters. The van der Waals surface area contributed by atoms with Gasteiger partial charge in [0, 0.05) is 0 Å². The number of fused-ring (bicyclic) bond motifs is 1. The number of aliphatic hydroxyl groups excluding tert-OH is 1. The van der Waals surface area contributed by atoms with Gasteiger partial charge < -0.3 is 10.4 Å². The van der Waals surface area contributed by atoms with Gasteiger partial charge in [0.15, 0.2) is 0 Å². The average Bonchev–Trinajstić information content (AvgIpc) is 2.93. The summed E-state index contributed by atoms with van der Waals surface area (Å²) in [7, 11) is 0. The second kappa shape index (κ2) is 5.97. The van der Waals surface area contributed by atoms with Crippen molar-refractivity contribution >= 4 is 22.7 Å². The molecule has 1 fully saturated rings. The van der Waals surface area contributed by atoms with Gasteiger partial charge >= 0.3 is 6.03 Å². The first-order valence-corrected chi connectivity index (χ1v) is 8.38. The Balaban J connectivity index is 1.64. The van der Waals surface area contributed by atoms with Crippen LogP contribution in [0.15, 0.2) is 66.7 Å². The zero-order valence-corrected chi connectivity index (χ0v) is 14.2. The molecule has 4 rings (SSSR count). The maximum atomic E-state index is 12.0. The van der Waals surface area contributed by atoms with Gasteiger partial charge in [-0.2, -0.15) is 0 Å². The lowest BCUT2D eigenvalue weighted by atomic mass is 9.88. The van der Waals surface area contributed by atoms with Gasteiger partial charge in [0.05, 0.1) is 0 Å². The van der Waals surface area contributed by atoms with Crippen LogP contribution in [0.25, 0.3) is 21.9 Å². The third-order valence-electron chi connectivity index (χ3n) is 4.93. The van der Waals surface area contributed by atoms with Crippen LogP contribution in [-0.4, -0.2) is 22.6 Å². The summed E-state index contributed by atoms with van der Waals surface area (Å²) in [4.78, 5) is 23.4. The number of imide groups is 1. The molecule has 1 saturated heterocycles. The topological polar surface area (TPSA) is 78.4 Å². The molecule has 2 atom stereocenters. The molecule has 0 saturated carbocycles. The molecule has 0 radical (unpaired) electrons. The Morgan fingerprint density at radius 2 is 1.54 bits per heavy atom. The van der Waals surface area contributed by atoms with Crippen LogP contribution in [0.4, 0.5) is 4.79 Å². The summed E-state index contributed by atoms with van der Waals surface area (Å²) in [6, 6.07) is 21.2. The number of hydrogen-bond donors (Lipinski definition) is 3. The largest absolute Gasteiger partial charge is 0.385 e. The molecule has 1 aliphatic rings. The third kappa shape index (κ3) is 2.62. The lowest BCUT2D eigenvalue weighted by Gasteiger charge is -2.27. The number of amides is 3. The minimum absolute atomic E-state index is 0.534. The van der Waals surface area contributed by atoms with Crippen molar-refractivity contribution in [2.75, 3.05) is 0 Å². The van der Waals surface area contributed by atoms with E-state index in [1.165, 1.54) is 12.3 Å². The van der Waals surface area contributed by atoms with Crippen LogP contribution < -0.4 is 10.6 Å². The highest BCUT2D eigenvalue weighted by Crippen LogP contribution is 2.31. The van der Waals surface area contributed by atoms with E-state index in [9.17, 15) is 14.7 Å². The number of hydrogen-bond acceptors (Lipinski definition) is 3. The summed E-state index contributed by atoms with van der Waals surface area (Å²) >= 11 is 0. The van der Waals surface area contributed by atoms with Crippen LogP contribution in [-0.2, 0) is 4.79 Å². The molecule has 26 heavy (non-hydrogen) atoms. The van der Waals surface area contributed by atoms with Crippen LogP contribution in [0.2, 0.25) is 0 Å². The fraction of sp³-hybridized carbons (Fsp3) is 0.143. The monoisotopic (exact) mass is 346 g/mol. The third-order valence-corrected chi connectivity index (χ3v) is 4.93. The van der Waals surface area contributed by atoms with Gasteiger partial charge in [-0.05, 0) is 40.5 Å². The van der Waals surface area contributed by atoms with E-state index < -0.39 is 23.6 Å². The molecule has 0 spiro atoms. The van der Waals surface area contributed by atoms with Crippen molar-refractivity contribution in [2.45, 2.75) is 18.6 Å². The normalized spacial score (nSPS) is 20.7. The molecule has 0 aliphatic carbocycles. The Kier molecular flexibility index (Phi) is 3.74. The van der Waals surface area contributed by atoms with E-state index >= 15 is 0 Å². The summed E-state index contributed by atoms with van der Waals surface area (Å²) in [6.45, 7) is 1.51. The van der Waals surface area contributed by atoms with Gasteiger partial charge in [0.1, 0.15) is 11.6 Å². The predicted molar refractivity (Wildman–Crippen MR) is 99.4 cm³/mol. The van der Waals surface area contributed by atoms with Crippen molar-refractivity contribution in [1.82, 2.24) is 10.6 Å². The van der Waals surface area contributed by atoms with Gasteiger partial charge in [-0.25, -0.2) is 4.79 Å². The summed E-state index contributed by atoms with van der Waals surface area (Å²) < 4.78 is 0. The van der Waals surface area contributed by atoms with Crippen molar-refractivity contribution in [3.8, 4) is 11.1 Å². The average molecular weight is 346 g/mol. The molecule has 1 aliphatic heterocycles. The van der Waals surface area contributed by atoms with E-state index in [0.717, 1.165) is 16.5 Å². The van der Waals surface area contributed by atoms with Crippen LogP contribution in [0.3, 0.4) is 0 Å². The maximum Gasteiger partial charge on any atom is 0.322 e. The fourth-order valence-electron chi connectivity index (χ4n) is 3.31. The Hall–Kier alpha value is -3.18. The molecule has 1 heterocycles. The van der Waals surface area contributed by atoms with Crippen LogP contribution in [0.5, 0.6) is 0 Å². The highest BCUT2D eigenvalue weighted by atomic mass is 16.3. The minimum Gasteiger partial charge on any atom is -0.385 e. The predicted octanol–water partition coefficient (Wildman–Crippen LogP) is 3.14. The van der Waals surface area contributed by atoms with E-state index in [1.54, 1.807) is 12.1 Å². The summed E-state index contributed by atoms with van der Waals surface area (Å²) in [5.74, 6) is -0.534. The highest BCUT2D eigenvalue weighted by Gasteiger charge is 2.48. The second-order valence-electron chi connectivity index (χ2n) is 6.70. The van der Waals surface area contributed by atoms with Crippen molar-refractivity contribution in [3.63, 3.8) is 0 Å². The summed E-state index contributed by atoms with van der Waals surface area (Å²) in [5.41, 5.74) is 1.27. The molecular weight excluding hydrogens is 328 g/mol. The number of urea groups is 1. The summed E-state index contributed by atoms with van der Waals surface area (Å²) in [5, 5.41) is 17.6. The first-order chi connectivity index (χ1) is 12.5. The minimum atomic E-state index is -1.37. The van der Waals surface area contributed by atoms with E-state index in [2.05, 4.69) is 41.0 Å². The number of aliphatic hydroxyl groups is 1. The van der Waals surface area contributed by atoms with Gasteiger partial charge in [0.2, 0.25) is 0 Å². The Bertz CT molecular complexity index is 1010. The molecule has 130 valence electrons. The smallest absolute Gasteiger partial charge is 0.322 e. The molecule has 0 aromatic heterocycles. The van der Waals surface area contributed by atoms with E-state index in [0.29, 0.717) is 5.56 Å². The van der Waals surface area contributed by atoms with Gasteiger partial charge in [0.25, 0.3) is 5.91 Å². The van der Waals surface area contributed by atoms with Crippen LogP contribution in [0.1, 0.15) is 18.6 Å². The van der Waals surface area contributed by atoms with E-state index in [1.807, 2.05) is 24.3 Å². The fourth-order valence-corrected chi connectivity index (χ4v) is 3.31. The molecular formula is C21H18N2O3. The maximum absolute atomic E-state index is 12.0. The van der Waals surface area contributed by atoms with E-state index in [4.69, 9.17) is 0 Å². The van der Waals surface area contributed by atoms with Crippen LogP contribution >= 0.6 is 0 Å². The standard InChI is InChI=1S/C21H18N2O3/c1-21(19(25)22-20(26)23-21)18(24)15-9-6-14(7-10-15)17-11-8-13-4-2-3-5-16(13)12-17/h2-12,18,24H,1H3,(H2,22,23,25,26). The molecule has 5 nitrogen and oxygen atoms in total. The number of carbonyl (C=O) groups excluding carboxylic acids is 2. The van der Waals surface area contributed by atoms with Crippen molar-refractivity contribution in [3.05, 3.63) is 72.3 Å². The van der Waals surface area contributed by atoms with Crippen molar-refractivity contribution < 1.29 is 14.7 Å². The number of benzene rings is 3. The van der Waals surface area contributed by atoms with Gasteiger partial charge in [-0.15, -0.1) is 0 Å². The molecule has 3 amide bonds. The lowest BCUT2D eigenvalue weighted by molar-refractivity contribution is -0.127. The zero-order chi connectivity index (χ0) is 18.3. The quantitative estimate of drug-likeness (QED) is 0.638. The van der Waals surface area contributed by atoms with Crippen LogP contribution in [0, 0.1) is 0 Å². The zero-order valence-electron chi connectivity index (χ0n) is 14.2. The number of rotatable bonds is 3. The lowest BCUT2D eigenvalue weighted by Crippen LogP contribution is -2.49. The number of nitrogens with one attached hydrogen (secondary N) is 2. The van der Waals surface area contributed by atoms with Gasteiger partial charge in [-0.1, -0.05) is 60.7 Å². The molecule has 5 heteroatoms. The Morgan fingerprint density at radius 3 is 2.19 bits per heavy atom. The molecule has 3 aromatic rings. The molecule has 0 bridgehead atoms. The highest BCUT2D eigenvalue weighted by molar-refractivity contribution is 6.07. The SMILES string of the molecule is CC1(C(O)c2ccc(-c3ccc4ccccc4c3)cc2)NC(=O)NC1=O. The van der Waals surface area contributed by atoms with Gasteiger partial charge in [-0.3, -0.25) is 10.1 Å². The van der Waals surface area contributed by atoms with Crippen molar-refractivity contribution in [2.24, 2.45) is 0 Å². The molecule has 3 aromatic carbocycles. The number of carbonyl (C=O) groups is 2. The Morgan fingerprint density at radius 1 is 0.885 bits per heavy atom. The Labute approximate surface area is 150 Å². The second-order valence-corrected chi connectivity index (χ2v) is 6.70. The first kappa shape index (κ1) is 16.3. The summed E-state index contributed by atoms with van der Waals surface area (Å²) in [6.07, 6.45) is -1.14.